The van der Waals surface area contributed by atoms with Crippen LogP contribution in [0.1, 0.15) is 40.4 Å². The lowest BCUT2D eigenvalue weighted by Crippen LogP contribution is -1.96. The summed E-state index contributed by atoms with van der Waals surface area (Å²) in [5.74, 6) is 2.00. The largest absolute Gasteiger partial charge is 0.477 e. The standard InChI is InChI=1S/C12H18O2S2/c1-4-8(2)6-15-7-10-5-11(12(13)14)16-9(10)3/h5,8H,4,6-7H2,1-3H3,(H,13,14). The average Bonchev–Trinajstić information content (AvgIpc) is 2.60. The summed E-state index contributed by atoms with van der Waals surface area (Å²) >= 11 is 3.27. The van der Waals surface area contributed by atoms with Crippen LogP contribution in [0.25, 0.3) is 0 Å². The molecule has 1 aromatic rings. The zero-order valence-corrected chi connectivity index (χ0v) is 11.6. The molecule has 4 heteroatoms. The molecule has 0 aliphatic rings. The topological polar surface area (TPSA) is 37.3 Å². The zero-order chi connectivity index (χ0) is 12.1. The maximum Gasteiger partial charge on any atom is 0.345 e. The van der Waals surface area contributed by atoms with Gasteiger partial charge in [0.25, 0.3) is 0 Å². The minimum atomic E-state index is -0.814. The molecule has 1 atom stereocenters. The molecule has 0 radical (unpaired) electrons. The van der Waals surface area contributed by atoms with Crippen LogP contribution in [0.15, 0.2) is 6.07 Å². The van der Waals surface area contributed by atoms with Gasteiger partial charge in [-0.25, -0.2) is 4.79 Å². The molecule has 0 spiro atoms. The van der Waals surface area contributed by atoms with Crippen LogP contribution in [-0.4, -0.2) is 16.8 Å². The van der Waals surface area contributed by atoms with Crippen molar-refractivity contribution in [1.29, 1.82) is 0 Å². The van der Waals surface area contributed by atoms with E-state index in [0.717, 1.165) is 22.3 Å². The Morgan fingerprint density at radius 2 is 2.31 bits per heavy atom. The van der Waals surface area contributed by atoms with E-state index in [4.69, 9.17) is 5.11 Å². The molecule has 1 heterocycles. The normalized spacial score (nSPS) is 12.7. The zero-order valence-electron chi connectivity index (χ0n) is 9.95. The van der Waals surface area contributed by atoms with Crippen LogP contribution < -0.4 is 0 Å². The second-order valence-corrected chi connectivity index (χ2v) is 6.31. The minimum Gasteiger partial charge on any atom is -0.477 e. The lowest BCUT2D eigenvalue weighted by atomic mass is 10.2. The predicted octanol–water partition coefficient (Wildman–Crippen LogP) is 4.03. The van der Waals surface area contributed by atoms with E-state index in [-0.39, 0.29) is 0 Å². The Labute approximate surface area is 105 Å². The van der Waals surface area contributed by atoms with Crippen molar-refractivity contribution in [3.05, 3.63) is 21.4 Å². The Morgan fingerprint density at radius 3 is 2.81 bits per heavy atom. The van der Waals surface area contributed by atoms with Gasteiger partial charge in [-0.05, 0) is 30.2 Å². The highest BCUT2D eigenvalue weighted by Crippen LogP contribution is 2.26. The van der Waals surface area contributed by atoms with E-state index in [1.165, 1.54) is 23.3 Å². The van der Waals surface area contributed by atoms with Gasteiger partial charge in [-0.2, -0.15) is 11.8 Å². The van der Waals surface area contributed by atoms with Gasteiger partial charge in [0.2, 0.25) is 0 Å². The molecule has 1 N–H and O–H groups in total. The predicted molar refractivity (Wildman–Crippen MR) is 71.6 cm³/mol. The Bertz CT molecular complexity index is 358. The quantitative estimate of drug-likeness (QED) is 0.837. The lowest BCUT2D eigenvalue weighted by molar-refractivity contribution is 0.0702. The molecular formula is C12H18O2S2. The van der Waals surface area contributed by atoms with Gasteiger partial charge >= 0.3 is 5.97 Å². The molecule has 0 fully saturated rings. The van der Waals surface area contributed by atoms with Crippen LogP contribution in [0.4, 0.5) is 0 Å². The van der Waals surface area contributed by atoms with Gasteiger partial charge in [0.05, 0.1) is 0 Å². The van der Waals surface area contributed by atoms with E-state index in [2.05, 4.69) is 13.8 Å². The molecule has 16 heavy (non-hydrogen) atoms. The maximum absolute atomic E-state index is 10.8. The number of carbonyl (C=O) groups is 1. The molecule has 0 saturated carbocycles. The fourth-order valence-corrected chi connectivity index (χ4v) is 3.50. The maximum atomic E-state index is 10.8. The Morgan fingerprint density at radius 1 is 1.62 bits per heavy atom. The summed E-state index contributed by atoms with van der Waals surface area (Å²) in [7, 11) is 0. The third-order valence-electron chi connectivity index (χ3n) is 2.59. The van der Waals surface area contributed by atoms with E-state index >= 15 is 0 Å². The summed E-state index contributed by atoms with van der Waals surface area (Å²) in [5.41, 5.74) is 1.18. The van der Waals surface area contributed by atoms with Crippen molar-refractivity contribution in [2.24, 2.45) is 5.92 Å². The minimum absolute atomic E-state index is 0.455. The monoisotopic (exact) mass is 258 g/mol. The Kier molecular flexibility index (Phi) is 5.35. The lowest BCUT2D eigenvalue weighted by Gasteiger charge is -2.07. The highest BCUT2D eigenvalue weighted by molar-refractivity contribution is 7.98. The van der Waals surface area contributed by atoms with Crippen LogP contribution in [0.5, 0.6) is 0 Å². The molecule has 0 aromatic carbocycles. The molecule has 0 aliphatic heterocycles. The summed E-state index contributed by atoms with van der Waals surface area (Å²) in [6, 6.07) is 1.81. The number of hydrogen-bond acceptors (Lipinski definition) is 3. The van der Waals surface area contributed by atoms with E-state index in [1.54, 1.807) is 0 Å². The van der Waals surface area contributed by atoms with Crippen molar-refractivity contribution in [2.75, 3.05) is 5.75 Å². The first-order chi connectivity index (χ1) is 7.54. The second kappa shape index (κ2) is 6.30. The number of rotatable bonds is 6. The molecule has 0 aliphatic carbocycles. The van der Waals surface area contributed by atoms with Gasteiger partial charge < -0.3 is 5.11 Å². The van der Waals surface area contributed by atoms with Crippen LogP contribution in [0.3, 0.4) is 0 Å². The summed E-state index contributed by atoms with van der Waals surface area (Å²) in [6.45, 7) is 6.44. The van der Waals surface area contributed by atoms with E-state index in [9.17, 15) is 4.79 Å². The molecule has 2 nitrogen and oxygen atoms in total. The molecule has 90 valence electrons. The molecular weight excluding hydrogens is 240 g/mol. The molecule has 1 aromatic heterocycles. The molecule has 1 unspecified atom stereocenters. The third kappa shape index (κ3) is 3.83. The Balaban J connectivity index is 2.51. The summed E-state index contributed by atoms with van der Waals surface area (Å²) in [5, 5.41) is 8.88. The van der Waals surface area contributed by atoms with Gasteiger partial charge in [0.15, 0.2) is 0 Å². The number of thioether (sulfide) groups is 1. The highest BCUT2D eigenvalue weighted by atomic mass is 32.2. The number of thiophene rings is 1. The van der Waals surface area contributed by atoms with Crippen LogP contribution in [0.2, 0.25) is 0 Å². The first-order valence-electron chi connectivity index (χ1n) is 5.45. The fraction of sp³-hybridized carbons (Fsp3) is 0.583. The van der Waals surface area contributed by atoms with Crippen molar-refractivity contribution in [1.82, 2.24) is 0 Å². The van der Waals surface area contributed by atoms with Crippen LogP contribution >= 0.6 is 23.1 Å². The Hall–Kier alpha value is -0.480. The number of aryl methyl sites for hydroxylation is 1. The second-order valence-electron chi connectivity index (χ2n) is 4.03. The first kappa shape index (κ1) is 13.6. The first-order valence-corrected chi connectivity index (χ1v) is 7.42. The molecule has 0 bridgehead atoms. The van der Waals surface area contributed by atoms with Crippen LogP contribution in [0, 0.1) is 12.8 Å². The van der Waals surface area contributed by atoms with Crippen molar-refractivity contribution in [3.8, 4) is 0 Å². The third-order valence-corrected chi connectivity index (χ3v) is 4.99. The fourth-order valence-electron chi connectivity index (χ4n) is 1.26. The van der Waals surface area contributed by atoms with E-state index in [1.807, 2.05) is 24.8 Å². The summed E-state index contributed by atoms with van der Waals surface area (Å²) < 4.78 is 0. The van der Waals surface area contributed by atoms with Crippen molar-refractivity contribution < 1.29 is 9.90 Å². The van der Waals surface area contributed by atoms with Gasteiger partial charge in [-0.3, -0.25) is 0 Å². The van der Waals surface area contributed by atoms with Gasteiger partial charge in [-0.1, -0.05) is 20.3 Å². The number of carboxylic acids is 1. The van der Waals surface area contributed by atoms with Crippen molar-refractivity contribution in [2.45, 2.75) is 32.9 Å². The highest BCUT2D eigenvalue weighted by Gasteiger charge is 2.11. The van der Waals surface area contributed by atoms with E-state index in [0.29, 0.717) is 4.88 Å². The number of hydrogen-bond donors (Lipinski definition) is 1. The SMILES string of the molecule is CCC(C)CSCc1cc(C(=O)O)sc1C. The molecule has 0 amide bonds. The van der Waals surface area contributed by atoms with Crippen LogP contribution in [-0.2, 0) is 5.75 Å². The van der Waals surface area contributed by atoms with Gasteiger partial charge in [-0.15, -0.1) is 11.3 Å². The van der Waals surface area contributed by atoms with Gasteiger partial charge in [0, 0.05) is 10.6 Å². The smallest absolute Gasteiger partial charge is 0.345 e. The van der Waals surface area contributed by atoms with Gasteiger partial charge in [0.1, 0.15) is 4.88 Å². The number of aromatic carboxylic acids is 1. The van der Waals surface area contributed by atoms with Crippen molar-refractivity contribution in [3.63, 3.8) is 0 Å². The van der Waals surface area contributed by atoms with E-state index < -0.39 is 5.97 Å². The number of carboxylic acid groups (broad SMARTS) is 1. The molecule has 1 rings (SSSR count). The summed E-state index contributed by atoms with van der Waals surface area (Å²) in [4.78, 5) is 12.4. The molecule has 0 saturated heterocycles. The van der Waals surface area contributed by atoms with Crippen molar-refractivity contribution >= 4 is 29.1 Å². The summed E-state index contributed by atoms with van der Waals surface area (Å²) in [6.07, 6.45) is 1.20. The average molecular weight is 258 g/mol.